The van der Waals surface area contributed by atoms with E-state index in [0.29, 0.717) is 6.42 Å². The Bertz CT molecular complexity index is 204. The van der Waals surface area contributed by atoms with Crippen molar-refractivity contribution in [2.24, 2.45) is 5.92 Å². The Labute approximate surface area is 83.9 Å². The Morgan fingerprint density at radius 3 is 2.29 bits per heavy atom. The van der Waals surface area contributed by atoms with Crippen molar-refractivity contribution in [3.05, 3.63) is 0 Å². The molecule has 0 rings (SSSR count). The zero-order chi connectivity index (χ0) is 11.1. The highest BCUT2D eigenvalue weighted by atomic mass is 16.4. The summed E-state index contributed by atoms with van der Waals surface area (Å²) in [5.74, 6) is -1.38. The summed E-state index contributed by atoms with van der Waals surface area (Å²) >= 11 is 0. The van der Waals surface area contributed by atoms with Crippen molar-refractivity contribution in [2.45, 2.75) is 33.2 Å². The molecule has 2 amide bonds. The van der Waals surface area contributed by atoms with Crippen molar-refractivity contribution in [3.8, 4) is 0 Å². The van der Waals surface area contributed by atoms with Gasteiger partial charge in [-0.15, -0.1) is 0 Å². The molecule has 0 fully saturated rings. The number of carboxylic acids is 1. The van der Waals surface area contributed by atoms with Crippen LogP contribution in [0.2, 0.25) is 0 Å². The Morgan fingerprint density at radius 2 is 1.93 bits per heavy atom. The number of amides is 2. The van der Waals surface area contributed by atoms with Crippen molar-refractivity contribution in [3.63, 3.8) is 0 Å². The Hall–Kier alpha value is -1.26. The van der Waals surface area contributed by atoms with Crippen LogP contribution in [0.25, 0.3) is 0 Å². The van der Waals surface area contributed by atoms with Crippen LogP contribution in [0.5, 0.6) is 0 Å². The zero-order valence-corrected chi connectivity index (χ0v) is 8.83. The molecule has 0 heterocycles. The van der Waals surface area contributed by atoms with Gasteiger partial charge >= 0.3 is 12.0 Å². The summed E-state index contributed by atoms with van der Waals surface area (Å²) in [6, 6.07) is -0.264. The summed E-state index contributed by atoms with van der Waals surface area (Å²) in [6.45, 7) is 5.63. The molecule has 5 nitrogen and oxygen atoms in total. The third-order valence-corrected chi connectivity index (χ3v) is 1.77. The van der Waals surface area contributed by atoms with Gasteiger partial charge in [-0.05, 0) is 20.3 Å². The maximum Gasteiger partial charge on any atom is 0.315 e. The average Bonchev–Trinajstić information content (AvgIpc) is 2.03. The van der Waals surface area contributed by atoms with Gasteiger partial charge in [0.15, 0.2) is 0 Å². The number of carboxylic acid groups (broad SMARTS) is 1. The Morgan fingerprint density at radius 1 is 1.36 bits per heavy atom. The van der Waals surface area contributed by atoms with Crippen LogP contribution in [0.4, 0.5) is 4.79 Å². The minimum Gasteiger partial charge on any atom is -0.481 e. The van der Waals surface area contributed by atoms with E-state index in [2.05, 4.69) is 10.6 Å². The third kappa shape index (κ3) is 5.40. The van der Waals surface area contributed by atoms with Crippen LogP contribution in [0.3, 0.4) is 0 Å². The molecule has 1 unspecified atom stereocenters. The molecule has 3 N–H and O–H groups in total. The van der Waals surface area contributed by atoms with Crippen LogP contribution in [-0.2, 0) is 4.79 Å². The summed E-state index contributed by atoms with van der Waals surface area (Å²) < 4.78 is 0. The summed E-state index contributed by atoms with van der Waals surface area (Å²) in [4.78, 5) is 21.7. The second-order valence-electron chi connectivity index (χ2n) is 3.45. The minimum atomic E-state index is -0.877. The standard InChI is InChI=1S/C9H18N2O3/c1-4-7(8(12)13)5-10-9(14)11-6(2)3/h6-7H,4-5H2,1-3H3,(H,12,13)(H2,10,11,14). The van der Waals surface area contributed by atoms with Crippen molar-refractivity contribution in [2.75, 3.05) is 6.54 Å². The lowest BCUT2D eigenvalue weighted by molar-refractivity contribution is -0.141. The van der Waals surface area contributed by atoms with Crippen LogP contribution in [-0.4, -0.2) is 29.7 Å². The van der Waals surface area contributed by atoms with E-state index >= 15 is 0 Å². The lowest BCUT2D eigenvalue weighted by Gasteiger charge is -2.13. The molecule has 0 aliphatic heterocycles. The molecule has 0 aliphatic carbocycles. The summed E-state index contributed by atoms with van der Waals surface area (Å²) in [7, 11) is 0. The van der Waals surface area contributed by atoms with Crippen molar-refractivity contribution in [1.82, 2.24) is 10.6 Å². The largest absolute Gasteiger partial charge is 0.481 e. The zero-order valence-electron chi connectivity index (χ0n) is 8.83. The first-order chi connectivity index (χ1) is 6.47. The fourth-order valence-corrected chi connectivity index (χ4v) is 0.935. The second-order valence-corrected chi connectivity index (χ2v) is 3.45. The van der Waals surface area contributed by atoms with Crippen LogP contribution in [0, 0.1) is 5.92 Å². The van der Waals surface area contributed by atoms with Crippen LogP contribution in [0.15, 0.2) is 0 Å². The highest BCUT2D eigenvalue weighted by Gasteiger charge is 2.15. The third-order valence-electron chi connectivity index (χ3n) is 1.77. The molecule has 0 bridgehead atoms. The number of urea groups is 1. The molecular weight excluding hydrogens is 184 g/mol. The second kappa shape index (κ2) is 6.23. The molecule has 0 aromatic carbocycles. The molecule has 5 heteroatoms. The van der Waals surface area contributed by atoms with Crippen molar-refractivity contribution in [1.29, 1.82) is 0 Å². The molecule has 0 spiro atoms. The number of nitrogens with one attached hydrogen (secondary N) is 2. The number of hydrogen-bond acceptors (Lipinski definition) is 2. The van der Waals surface area contributed by atoms with Gasteiger partial charge in [0.2, 0.25) is 0 Å². The van der Waals surface area contributed by atoms with E-state index in [-0.39, 0.29) is 18.6 Å². The quantitative estimate of drug-likeness (QED) is 0.617. The van der Waals surface area contributed by atoms with Gasteiger partial charge in [-0.2, -0.15) is 0 Å². The molecule has 82 valence electrons. The fraction of sp³-hybridized carbons (Fsp3) is 0.778. The van der Waals surface area contributed by atoms with Gasteiger partial charge in [-0.1, -0.05) is 6.92 Å². The number of rotatable bonds is 5. The maximum absolute atomic E-state index is 11.1. The molecule has 0 aliphatic rings. The van der Waals surface area contributed by atoms with Crippen LogP contribution < -0.4 is 10.6 Å². The Balaban J connectivity index is 3.80. The summed E-state index contributed by atoms with van der Waals surface area (Å²) in [5, 5.41) is 13.8. The van der Waals surface area contributed by atoms with Gasteiger partial charge in [0.05, 0.1) is 5.92 Å². The first-order valence-electron chi connectivity index (χ1n) is 4.74. The molecule has 0 saturated heterocycles. The fourth-order valence-electron chi connectivity index (χ4n) is 0.935. The van der Waals surface area contributed by atoms with Gasteiger partial charge in [0, 0.05) is 12.6 Å². The number of carbonyl (C=O) groups is 2. The van der Waals surface area contributed by atoms with E-state index in [9.17, 15) is 9.59 Å². The number of aliphatic carboxylic acids is 1. The molecule has 1 atom stereocenters. The van der Waals surface area contributed by atoms with Crippen LogP contribution in [0.1, 0.15) is 27.2 Å². The van der Waals surface area contributed by atoms with Gasteiger partial charge in [0.1, 0.15) is 0 Å². The normalized spacial score (nSPS) is 12.3. The van der Waals surface area contributed by atoms with E-state index in [1.54, 1.807) is 6.92 Å². The predicted octanol–water partition coefficient (Wildman–Crippen LogP) is 0.805. The molecule has 0 aromatic rings. The molecule has 14 heavy (non-hydrogen) atoms. The Kier molecular flexibility index (Phi) is 5.67. The summed E-state index contributed by atoms with van der Waals surface area (Å²) in [5.41, 5.74) is 0. The van der Waals surface area contributed by atoms with E-state index in [4.69, 9.17) is 5.11 Å². The molecule has 0 radical (unpaired) electrons. The highest BCUT2D eigenvalue weighted by molar-refractivity contribution is 5.75. The predicted molar refractivity (Wildman–Crippen MR) is 53.1 cm³/mol. The van der Waals surface area contributed by atoms with E-state index in [1.807, 2.05) is 13.8 Å². The maximum atomic E-state index is 11.1. The van der Waals surface area contributed by atoms with Gasteiger partial charge in [0.25, 0.3) is 0 Å². The first kappa shape index (κ1) is 12.7. The van der Waals surface area contributed by atoms with Crippen LogP contribution >= 0.6 is 0 Å². The van der Waals surface area contributed by atoms with Gasteiger partial charge in [-0.25, -0.2) is 4.79 Å². The van der Waals surface area contributed by atoms with E-state index in [1.165, 1.54) is 0 Å². The average molecular weight is 202 g/mol. The number of hydrogen-bond donors (Lipinski definition) is 3. The SMILES string of the molecule is CCC(CNC(=O)NC(C)C)C(=O)O. The van der Waals surface area contributed by atoms with E-state index in [0.717, 1.165) is 0 Å². The topological polar surface area (TPSA) is 78.4 Å². The molecule has 0 saturated carbocycles. The van der Waals surface area contributed by atoms with Gasteiger partial charge < -0.3 is 15.7 Å². The summed E-state index contributed by atoms with van der Waals surface area (Å²) in [6.07, 6.45) is 0.511. The molecule has 0 aromatic heterocycles. The smallest absolute Gasteiger partial charge is 0.315 e. The van der Waals surface area contributed by atoms with Gasteiger partial charge in [-0.3, -0.25) is 4.79 Å². The molecular formula is C9H18N2O3. The lowest BCUT2D eigenvalue weighted by atomic mass is 10.1. The van der Waals surface area contributed by atoms with E-state index < -0.39 is 11.9 Å². The van der Waals surface area contributed by atoms with Crippen molar-refractivity contribution < 1.29 is 14.7 Å². The minimum absolute atomic E-state index is 0.0555. The lowest BCUT2D eigenvalue weighted by Crippen LogP contribution is -2.42. The van der Waals surface area contributed by atoms with Crippen molar-refractivity contribution >= 4 is 12.0 Å². The monoisotopic (exact) mass is 202 g/mol. The number of carbonyl (C=O) groups excluding carboxylic acids is 1. The highest BCUT2D eigenvalue weighted by Crippen LogP contribution is 1.99. The first-order valence-corrected chi connectivity index (χ1v) is 4.74.